The van der Waals surface area contributed by atoms with Gasteiger partial charge in [0.15, 0.2) is 0 Å². The van der Waals surface area contributed by atoms with Crippen LogP contribution >= 0.6 is 0 Å². The summed E-state index contributed by atoms with van der Waals surface area (Å²) in [4.78, 5) is 11.1. The molecule has 1 nitrogen and oxygen atoms in total. The van der Waals surface area contributed by atoms with E-state index in [1.165, 1.54) is 16.7 Å². The molecule has 2 rings (SSSR count). The van der Waals surface area contributed by atoms with Crippen LogP contribution in [-0.4, -0.2) is 6.29 Å². The highest BCUT2D eigenvalue weighted by atomic mass is 16.1. The number of hydrogen-bond donors (Lipinski definition) is 0. The molecule has 0 heterocycles. The molecule has 2 unspecified atom stereocenters. The molecule has 0 saturated carbocycles. The topological polar surface area (TPSA) is 17.1 Å². The molecule has 0 fully saturated rings. The fraction of sp³-hybridized carbons (Fsp3) is 0.500. The van der Waals surface area contributed by atoms with Crippen molar-refractivity contribution < 1.29 is 4.79 Å². The zero-order valence-electron chi connectivity index (χ0n) is 9.66. The maximum atomic E-state index is 11.1. The molecule has 1 aromatic carbocycles. The van der Waals surface area contributed by atoms with Crippen molar-refractivity contribution in [3.05, 3.63) is 34.9 Å². The minimum Gasteiger partial charge on any atom is -0.303 e. The Morgan fingerprint density at radius 3 is 2.73 bits per heavy atom. The van der Waals surface area contributed by atoms with Crippen molar-refractivity contribution in [3.8, 4) is 0 Å². The summed E-state index contributed by atoms with van der Waals surface area (Å²) in [5, 5.41) is 0. The Morgan fingerprint density at radius 1 is 1.40 bits per heavy atom. The number of benzene rings is 1. The van der Waals surface area contributed by atoms with Crippen molar-refractivity contribution in [2.75, 3.05) is 0 Å². The lowest BCUT2D eigenvalue weighted by Gasteiger charge is -2.11. The van der Waals surface area contributed by atoms with Gasteiger partial charge in [-0.3, -0.25) is 0 Å². The molecule has 0 spiro atoms. The highest BCUT2D eigenvalue weighted by Gasteiger charge is 2.29. The third kappa shape index (κ3) is 1.71. The van der Waals surface area contributed by atoms with E-state index in [4.69, 9.17) is 0 Å². The Kier molecular flexibility index (Phi) is 2.64. The molecule has 1 aromatic rings. The average molecular weight is 202 g/mol. The van der Waals surface area contributed by atoms with Gasteiger partial charge in [-0.2, -0.15) is 0 Å². The summed E-state index contributed by atoms with van der Waals surface area (Å²) in [5.41, 5.74) is 3.97. The Morgan fingerprint density at radius 2 is 2.13 bits per heavy atom. The summed E-state index contributed by atoms with van der Waals surface area (Å²) in [6, 6.07) is 6.62. The third-order valence-corrected chi connectivity index (χ3v) is 3.50. The largest absolute Gasteiger partial charge is 0.303 e. The van der Waals surface area contributed by atoms with Gasteiger partial charge in [0.2, 0.25) is 0 Å². The molecular weight excluding hydrogens is 184 g/mol. The third-order valence-electron chi connectivity index (χ3n) is 3.50. The van der Waals surface area contributed by atoms with Crippen molar-refractivity contribution in [1.82, 2.24) is 0 Å². The molecule has 0 saturated heterocycles. The molecule has 0 aliphatic heterocycles. The first-order valence-electron chi connectivity index (χ1n) is 5.71. The molecule has 0 aromatic heterocycles. The molecule has 0 amide bonds. The lowest BCUT2D eigenvalue weighted by Crippen LogP contribution is -2.04. The van der Waals surface area contributed by atoms with Crippen LogP contribution in [0, 0.1) is 5.92 Å². The lowest BCUT2D eigenvalue weighted by atomic mass is 9.93. The first-order valence-corrected chi connectivity index (χ1v) is 5.71. The van der Waals surface area contributed by atoms with E-state index < -0.39 is 0 Å². The predicted molar refractivity (Wildman–Crippen MR) is 62.2 cm³/mol. The van der Waals surface area contributed by atoms with Crippen molar-refractivity contribution in [2.24, 2.45) is 5.92 Å². The van der Waals surface area contributed by atoms with Gasteiger partial charge in [-0.05, 0) is 34.9 Å². The second-order valence-electron chi connectivity index (χ2n) is 4.96. The maximum Gasteiger partial charge on any atom is 0.127 e. The Balaban J connectivity index is 2.44. The van der Waals surface area contributed by atoms with Gasteiger partial charge < -0.3 is 4.79 Å². The molecule has 1 aliphatic carbocycles. The van der Waals surface area contributed by atoms with Crippen LogP contribution in [0.25, 0.3) is 0 Å². The van der Waals surface area contributed by atoms with E-state index in [1.54, 1.807) is 0 Å². The Labute approximate surface area is 91.5 Å². The summed E-state index contributed by atoms with van der Waals surface area (Å²) < 4.78 is 0. The van der Waals surface area contributed by atoms with E-state index in [9.17, 15) is 4.79 Å². The average Bonchev–Trinajstić information content (AvgIpc) is 2.51. The number of fused-ring (bicyclic) bond motifs is 1. The highest BCUT2D eigenvalue weighted by Crippen LogP contribution is 2.37. The van der Waals surface area contributed by atoms with Gasteiger partial charge in [-0.1, -0.05) is 39.0 Å². The van der Waals surface area contributed by atoms with Crippen molar-refractivity contribution in [1.29, 1.82) is 0 Å². The van der Waals surface area contributed by atoms with Gasteiger partial charge in [-0.15, -0.1) is 0 Å². The first kappa shape index (κ1) is 10.4. The summed E-state index contributed by atoms with van der Waals surface area (Å²) in [7, 11) is 0. The van der Waals surface area contributed by atoms with Crippen molar-refractivity contribution >= 4 is 6.29 Å². The standard InChI is InChI=1S/C14H18O/c1-9(2)11-4-5-12-6-10(3)14(8-15)13(12)7-11/h4-5,7-10,14H,6H2,1-3H3. The monoisotopic (exact) mass is 202 g/mol. The van der Waals surface area contributed by atoms with E-state index >= 15 is 0 Å². The summed E-state index contributed by atoms with van der Waals surface area (Å²) in [6.45, 7) is 6.54. The quantitative estimate of drug-likeness (QED) is 0.673. The number of carbonyl (C=O) groups is 1. The van der Waals surface area contributed by atoms with Gasteiger partial charge in [0.25, 0.3) is 0 Å². The molecule has 1 heteroatoms. The number of aldehydes is 1. The van der Waals surface area contributed by atoms with E-state index in [0.717, 1.165) is 12.7 Å². The van der Waals surface area contributed by atoms with Gasteiger partial charge in [0.05, 0.1) is 0 Å². The Bertz CT molecular complexity index is 379. The SMILES string of the molecule is CC(C)c1ccc2c(c1)C(C=O)C(C)C2. The fourth-order valence-electron chi connectivity index (χ4n) is 2.46. The molecule has 0 N–H and O–H groups in total. The highest BCUT2D eigenvalue weighted by molar-refractivity contribution is 5.66. The molecule has 2 atom stereocenters. The van der Waals surface area contributed by atoms with Crippen LogP contribution in [0.3, 0.4) is 0 Å². The molecular formula is C14H18O. The van der Waals surface area contributed by atoms with Crippen molar-refractivity contribution in [2.45, 2.75) is 39.0 Å². The minimum atomic E-state index is 0.124. The predicted octanol–water partition coefficient (Wildman–Crippen LogP) is 3.28. The molecule has 0 bridgehead atoms. The van der Waals surface area contributed by atoms with Crippen LogP contribution in [0.15, 0.2) is 18.2 Å². The van der Waals surface area contributed by atoms with Crippen LogP contribution in [-0.2, 0) is 11.2 Å². The summed E-state index contributed by atoms with van der Waals surface area (Å²) >= 11 is 0. The summed E-state index contributed by atoms with van der Waals surface area (Å²) in [6.07, 6.45) is 2.16. The molecule has 15 heavy (non-hydrogen) atoms. The van der Waals surface area contributed by atoms with Gasteiger partial charge >= 0.3 is 0 Å². The van der Waals surface area contributed by atoms with E-state index in [2.05, 4.69) is 39.0 Å². The number of rotatable bonds is 2. The van der Waals surface area contributed by atoms with Gasteiger partial charge in [0.1, 0.15) is 6.29 Å². The summed E-state index contributed by atoms with van der Waals surface area (Å²) in [5.74, 6) is 1.14. The fourth-order valence-corrected chi connectivity index (χ4v) is 2.46. The minimum absolute atomic E-state index is 0.124. The molecule has 1 aliphatic rings. The van der Waals surface area contributed by atoms with Crippen LogP contribution in [0.5, 0.6) is 0 Å². The second-order valence-corrected chi connectivity index (χ2v) is 4.96. The maximum absolute atomic E-state index is 11.1. The van der Waals surface area contributed by atoms with Crippen molar-refractivity contribution in [3.63, 3.8) is 0 Å². The smallest absolute Gasteiger partial charge is 0.127 e. The number of hydrogen-bond acceptors (Lipinski definition) is 1. The van der Waals surface area contributed by atoms with Gasteiger partial charge in [0, 0.05) is 5.92 Å². The Hall–Kier alpha value is -1.11. The normalized spacial score (nSPS) is 24.3. The van der Waals surface area contributed by atoms with Crippen LogP contribution < -0.4 is 0 Å². The van der Waals surface area contributed by atoms with E-state index in [1.807, 2.05) is 0 Å². The second kappa shape index (κ2) is 3.80. The zero-order chi connectivity index (χ0) is 11.0. The number of carbonyl (C=O) groups excluding carboxylic acids is 1. The van der Waals surface area contributed by atoms with Crippen LogP contribution in [0.2, 0.25) is 0 Å². The van der Waals surface area contributed by atoms with Crippen LogP contribution in [0.4, 0.5) is 0 Å². The zero-order valence-corrected chi connectivity index (χ0v) is 9.66. The molecule has 0 radical (unpaired) electrons. The van der Waals surface area contributed by atoms with Gasteiger partial charge in [-0.25, -0.2) is 0 Å². The lowest BCUT2D eigenvalue weighted by molar-refractivity contribution is -0.109. The molecule has 80 valence electrons. The van der Waals surface area contributed by atoms with E-state index in [0.29, 0.717) is 11.8 Å². The van der Waals surface area contributed by atoms with E-state index in [-0.39, 0.29) is 5.92 Å². The first-order chi connectivity index (χ1) is 7.13. The van der Waals surface area contributed by atoms with Crippen LogP contribution in [0.1, 0.15) is 49.3 Å².